The quantitative estimate of drug-likeness (QED) is 0.546. The molecule has 4 rings (SSSR count). The van der Waals surface area contributed by atoms with Crippen LogP contribution in [0.4, 0.5) is 11.4 Å². The van der Waals surface area contributed by atoms with Gasteiger partial charge in [0.25, 0.3) is 0 Å². The summed E-state index contributed by atoms with van der Waals surface area (Å²) in [5.41, 5.74) is 4.81. The Morgan fingerprint density at radius 3 is 2.23 bits per heavy atom. The van der Waals surface area contributed by atoms with Crippen molar-refractivity contribution in [3.05, 3.63) is 71.2 Å². The van der Waals surface area contributed by atoms with Gasteiger partial charge in [0.15, 0.2) is 7.36 Å². The van der Waals surface area contributed by atoms with Gasteiger partial charge in [0, 0.05) is 44.0 Å². The summed E-state index contributed by atoms with van der Waals surface area (Å²) in [7, 11) is 2.00. The molecule has 2 aliphatic heterocycles. The number of hydrogen-bond acceptors (Lipinski definition) is 3. The van der Waals surface area contributed by atoms with E-state index in [2.05, 4.69) is 111 Å². The monoisotopic (exact) mass is 421 g/mol. The first-order valence-electron chi connectivity index (χ1n) is 10.7. The summed E-state index contributed by atoms with van der Waals surface area (Å²) in [6, 6.07) is 19.1. The fraction of sp³-hybridized carbons (Fsp3) is 0.375. The van der Waals surface area contributed by atoms with Crippen LogP contribution in [-0.2, 0) is 5.41 Å². The summed E-state index contributed by atoms with van der Waals surface area (Å²) in [4.78, 5) is 2.36. The SMILES string of the molecule is CCN(CC)P1(=Nc2ccccc2)/C(=C2/N(C)c3ccccc3C2(C)C)C=NN1C. The highest BCUT2D eigenvalue weighted by atomic mass is 31.2. The van der Waals surface area contributed by atoms with Crippen LogP contribution in [0, 0.1) is 0 Å². The third-order valence-electron chi connectivity index (χ3n) is 6.32. The highest BCUT2D eigenvalue weighted by Crippen LogP contribution is 2.69. The van der Waals surface area contributed by atoms with E-state index in [0.717, 1.165) is 18.8 Å². The van der Waals surface area contributed by atoms with Crippen molar-refractivity contribution >= 4 is 24.9 Å². The van der Waals surface area contributed by atoms with E-state index < -0.39 is 7.36 Å². The van der Waals surface area contributed by atoms with E-state index in [4.69, 9.17) is 9.85 Å². The molecular weight excluding hydrogens is 389 g/mol. The number of allylic oxidation sites excluding steroid dienone is 2. The lowest BCUT2D eigenvalue weighted by atomic mass is 9.84. The average molecular weight is 422 g/mol. The molecule has 0 fully saturated rings. The number of fused-ring (bicyclic) bond motifs is 1. The summed E-state index contributed by atoms with van der Waals surface area (Å²) >= 11 is 0. The van der Waals surface area contributed by atoms with Crippen molar-refractivity contribution in [2.24, 2.45) is 9.85 Å². The van der Waals surface area contributed by atoms with Gasteiger partial charge < -0.3 is 4.90 Å². The molecule has 0 amide bonds. The van der Waals surface area contributed by atoms with Crippen LogP contribution in [0.3, 0.4) is 0 Å². The summed E-state index contributed by atoms with van der Waals surface area (Å²) in [6.45, 7) is 10.9. The van der Waals surface area contributed by atoms with Gasteiger partial charge in [-0.05, 0) is 23.8 Å². The maximum absolute atomic E-state index is 5.45. The maximum Gasteiger partial charge on any atom is 0.174 e. The average Bonchev–Trinajstić information content (AvgIpc) is 3.16. The van der Waals surface area contributed by atoms with Crippen molar-refractivity contribution in [3.8, 4) is 0 Å². The zero-order valence-electron chi connectivity index (χ0n) is 18.9. The smallest absolute Gasteiger partial charge is 0.174 e. The van der Waals surface area contributed by atoms with Gasteiger partial charge in [0.1, 0.15) is 0 Å². The van der Waals surface area contributed by atoms with Crippen molar-refractivity contribution in [1.29, 1.82) is 0 Å². The third kappa shape index (κ3) is 2.95. The van der Waals surface area contributed by atoms with Gasteiger partial charge in [0.05, 0.1) is 17.2 Å². The van der Waals surface area contributed by atoms with Crippen molar-refractivity contribution < 1.29 is 0 Å². The number of nitrogens with zero attached hydrogens (tertiary/aromatic N) is 5. The van der Waals surface area contributed by atoms with E-state index in [-0.39, 0.29) is 5.41 Å². The van der Waals surface area contributed by atoms with Crippen LogP contribution in [-0.4, -0.2) is 42.8 Å². The summed E-state index contributed by atoms with van der Waals surface area (Å²) in [5.74, 6) is 0. The zero-order valence-corrected chi connectivity index (χ0v) is 19.8. The van der Waals surface area contributed by atoms with E-state index in [1.54, 1.807) is 0 Å². The second-order valence-corrected chi connectivity index (χ2v) is 11.3. The maximum atomic E-state index is 5.45. The molecular formula is C24H32N5P. The molecule has 0 N–H and O–H groups in total. The first-order valence-corrected chi connectivity index (χ1v) is 12.3. The molecule has 5 nitrogen and oxygen atoms in total. The Morgan fingerprint density at radius 2 is 1.60 bits per heavy atom. The lowest BCUT2D eigenvalue weighted by molar-refractivity contribution is 0.452. The molecule has 0 radical (unpaired) electrons. The van der Waals surface area contributed by atoms with Crippen LogP contribution in [0.15, 0.2) is 75.5 Å². The van der Waals surface area contributed by atoms with Crippen LogP contribution in [0.1, 0.15) is 33.3 Å². The van der Waals surface area contributed by atoms with Gasteiger partial charge in [0.2, 0.25) is 0 Å². The van der Waals surface area contributed by atoms with Crippen LogP contribution in [0.25, 0.3) is 0 Å². The predicted molar refractivity (Wildman–Crippen MR) is 130 cm³/mol. The normalized spacial score (nSPS) is 24.6. The van der Waals surface area contributed by atoms with E-state index in [0.29, 0.717) is 0 Å². The minimum Gasteiger partial charge on any atom is -0.346 e. The number of para-hydroxylation sites is 1. The topological polar surface area (TPSA) is 34.4 Å². The molecule has 0 bridgehead atoms. The number of anilines is 1. The fourth-order valence-electron chi connectivity index (χ4n) is 4.89. The van der Waals surface area contributed by atoms with E-state index in [1.807, 2.05) is 6.07 Å². The van der Waals surface area contributed by atoms with Crippen LogP contribution in [0.5, 0.6) is 0 Å². The molecule has 1 unspecified atom stereocenters. The van der Waals surface area contributed by atoms with E-state index in [9.17, 15) is 0 Å². The third-order valence-corrected chi connectivity index (χ3v) is 10.1. The molecule has 1 atom stereocenters. The number of hydrogen-bond donors (Lipinski definition) is 0. The summed E-state index contributed by atoms with van der Waals surface area (Å²) in [6.07, 6.45) is 2.07. The van der Waals surface area contributed by atoms with Crippen molar-refractivity contribution in [2.45, 2.75) is 33.1 Å². The Balaban J connectivity index is 2.06. The second-order valence-electron chi connectivity index (χ2n) is 8.31. The lowest BCUT2D eigenvalue weighted by Gasteiger charge is -2.39. The Bertz CT molecular complexity index is 1050. The Labute approximate surface area is 180 Å². The molecule has 2 aliphatic rings. The van der Waals surface area contributed by atoms with Crippen molar-refractivity contribution in [3.63, 3.8) is 0 Å². The van der Waals surface area contributed by atoms with Crippen LogP contribution in [0.2, 0.25) is 0 Å². The first-order chi connectivity index (χ1) is 14.4. The van der Waals surface area contributed by atoms with Crippen LogP contribution >= 0.6 is 7.36 Å². The predicted octanol–water partition coefficient (Wildman–Crippen LogP) is 6.26. The minimum atomic E-state index is -2.27. The molecule has 2 heterocycles. The molecule has 2 aromatic rings. The number of hydrazone groups is 1. The van der Waals surface area contributed by atoms with Crippen molar-refractivity contribution in [1.82, 2.24) is 9.45 Å². The highest BCUT2D eigenvalue weighted by Gasteiger charge is 2.47. The molecule has 0 aliphatic carbocycles. The summed E-state index contributed by atoms with van der Waals surface area (Å²) < 4.78 is 10.1. The molecule has 2 aromatic carbocycles. The van der Waals surface area contributed by atoms with Gasteiger partial charge in [-0.25, -0.2) is 14.2 Å². The lowest BCUT2D eigenvalue weighted by Crippen LogP contribution is -2.30. The first kappa shape index (κ1) is 20.9. The Hall–Kier alpha value is -2.36. The van der Waals surface area contributed by atoms with E-state index >= 15 is 0 Å². The number of benzene rings is 2. The van der Waals surface area contributed by atoms with Gasteiger partial charge in [-0.15, -0.1) is 0 Å². The Kier molecular flexibility index (Phi) is 5.37. The molecule has 0 saturated carbocycles. The van der Waals surface area contributed by atoms with Crippen molar-refractivity contribution in [2.75, 3.05) is 32.1 Å². The van der Waals surface area contributed by atoms with Gasteiger partial charge >= 0.3 is 0 Å². The largest absolute Gasteiger partial charge is 0.346 e. The van der Waals surface area contributed by atoms with Gasteiger partial charge in [-0.2, -0.15) is 5.10 Å². The highest BCUT2D eigenvalue weighted by molar-refractivity contribution is 7.67. The fourth-order valence-corrected chi connectivity index (χ4v) is 8.60. The molecule has 0 aromatic heterocycles. The Morgan fingerprint density at radius 1 is 0.967 bits per heavy atom. The minimum absolute atomic E-state index is 0.123. The van der Waals surface area contributed by atoms with E-state index in [1.165, 1.54) is 22.3 Å². The molecule has 6 heteroatoms. The molecule has 158 valence electrons. The number of likely N-dealkylation sites (N-methyl/N-ethyl adjacent to an activating group) is 1. The number of rotatable bonds is 4. The zero-order chi connectivity index (χ0) is 21.5. The molecule has 0 saturated heterocycles. The molecule has 0 spiro atoms. The van der Waals surface area contributed by atoms with Crippen LogP contribution < -0.4 is 4.90 Å². The standard InChI is InChI=1S/C24H32N5P/c1-7-29(8-2)30(26-19-14-10-9-11-15-19)22(18-25-28(30)6)23-24(3,4)20-16-12-13-17-21(20)27(23)5/h9-18H,7-8H2,1-6H3/b23-22+. The second kappa shape index (κ2) is 7.72. The molecule has 30 heavy (non-hydrogen) atoms. The summed E-state index contributed by atoms with van der Waals surface area (Å²) in [5, 5.41) is 6.08. The van der Waals surface area contributed by atoms with Gasteiger partial charge in [-0.3, -0.25) is 0 Å². The van der Waals surface area contributed by atoms with Gasteiger partial charge in [-0.1, -0.05) is 64.1 Å².